The van der Waals surface area contributed by atoms with Crippen LogP contribution in [0.15, 0.2) is 42.5 Å². The lowest BCUT2D eigenvalue weighted by molar-refractivity contribution is -0.117. The summed E-state index contributed by atoms with van der Waals surface area (Å²) in [5.74, 6) is 1.53. The van der Waals surface area contributed by atoms with E-state index in [1.807, 2.05) is 63.2 Å². The van der Waals surface area contributed by atoms with Crippen molar-refractivity contribution in [3.8, 4) is 11.5 Å². The summed E-state index contributed by atoms with van der Waals surface area (Å²) < 4.78 is 11.8. The van der Waals surface area contributed by atoms with Gasteiger partial charge in [-0.15, -0.1) is 0 Å². The smallest absolute Gasteiger partial charge is 0.238 e. The molecule has 2 aromatic rings. The zero-order chi connectivity index (χ0) is 18.5. The van der Waals surface area contributed by atoms with Gasteiger partial charge in [-0.25, -0.2) is 0 Å². The van der Waals surface area contributed by atoms with Crippen molar-refractivity contribution in [2.24, 2.45) is 0 Å². The van der Waals surface area contributed by atoms with Crippen LogP contribution in [0.25, 0.3) is 0 Å². The Bertz CT molecular complexity index is 755. The Balaban J connectivity index is 1.57. The number of likely N-dealkylation sites (N-methyl/N-ethyl adjacent to an activating group) is 1. The molecule has 26 heavy (non-hydrogen) atoms. The van der Waals surface area contributed by atoms with Crippen LogP contribution in [0.4, 0.5) is 5.69 Å². The van der Waals surface area contributed by atoms with Crippen molar-refractivity contribution in [3.63, 3.8) is 0 Å². The van der Waals surface area contributed by atoms with Crippen LogP contribution < -0.4 is 14.8 Å². The molecule has 5 nitrogen and oxygen atoms in total. The maximum Gasteiger partial charge on any atom is 0.238 e. The number of benzene rings is 2. The second kappa shape index (κ2) is 8.23. The molecule has 1 N–H and O–H groups in total. The van der Waals surface area contributed by atoms with Gasteiger partial charge < -0.3 is 14.8 Å². The van der Waals surface area contributed by atoms with Crippen LogP contribution in [0.1, 0.15) is 18.1 Å². The lowest BCUT2D eigenvalue weighted by Crippen LogP contribution is -2.43. The van der Waals surface area contributed by atoms with Crippen molar-refractivity contribution < 1.29 is 14.3 Å². The molecule has 0 saturated carbocycles. The number of rotatable bonds is 6. The fraction of sp³-hybridized carbons (Fsp3) is 0.381. The molecule has 1 atom stereocenters. The Morgan fingerprint density at radius 3 is 2.50 bits per heavy atom. The van der Waals surface area contributed by atoms with Gasteiger partial charge >= 0.3 is 0 Å². The first kappa shape index (κ1) is 18.3. The first-order valence-corrected chi connectivity index (χ1v) is 9.03. The summed E-state index contributed by atoms with van der Waals surface area (Å²) in [5, 5.41) is 3.04. The number of aryl methyl sites for hydroxylation is 2. The number of amides is 1. The molecule has 2 aromatic carbocycles. The number of para-hydroxylation sites is 3. The van der Waals surface area contributed by atoms with Gasteiger partial charge in [0, 0.05) is 12.2 Å². The van der Waals surface area contributed by atoms with Gasteiger partial charge in [0.15, 0.2) is 11.5 Å². The van der Waals surface area contributed by atoms with Crippen molar-refractivity contribution >= 4 is 11.6 Å². The summed E-state index contributed by atoms with van der Waals surface area (Å²) in [6.07, 6.45) is -0.0853. The molecule has 1 aliphatic rings. The summed E-state index contributed by atoms with van der Waals surface area (Å²) in [4.78, 5) is 14.6. The van der Waals surface area contributed by atoms with Crippen LogP contribution in [0.5, 0.6) is 11.5 Å². The Hall–Kier alpha value is -2.53. The third-order valence-corrected chi connectivity index (χ3v) is 4.59. The summed E-state index contributed by atoms with van der Waals surface area (Å²) in [6.45, 7) is 8.28. The summed E-state index contributed by atoms with van der Waals surface area (Å²) in [7, 11) is 0. The lowest BCUT2D eigenvalue weighted by Gasteiger charge is -2.30. The Morgan fingerprint density at radius 2 is 1.81 bits per heavy atom. The van der Waals surface area contributed by atoms with Crippen LogP contribution >= 0.6 is 0 Å². The predicted molar refractivity (Wildman–Crippen MR) is 103 cm³/mol. The zero-order valence-electron chi connectivity index (χ0n) is 15.6. The van der Waals surface area contributed by atoms with Crippen molar-refractivity contribution in [1.82, 2.24) is 4.90 Å². The first-order chi connectivity index (χ1) is 12.6. The minimum atomic E-state index is -0.0853. The molecule has 1 amide bonds. The average Bonchev–Trinajstić information content (AvgIpc) is 2.64. The minimum Gasteiger partial charge on any atom is -0.486 e. The maximum atomic E-state index is 12.5. The van der Waals surface area contributed by atoms with E-state index in [0.717, 1.165) is 34.9 Å². The van der Waals surface area contributed by atoms with Crippen molar-refractivity contribution in [1.29, 1.82) is 0 Å². The minimum absolute atomic E-state index is 0.0126. The van der Waals surface area contributed by atoms with Gasteiger partial charge in [0.05, 0.1) is 6.54 Å². The van der Waals surface area contributed by atoms with Crippen LogP contribution in [-0.4, -0.2) is 43.2 Å². The highest BCUT2D eigenvalue weighted by molar-refractivity contribution is 5.93. The van der Waals surface area contributed by atoms with E-state index in [1.165, 1.54) is 0 Å². The number of anilines is 1. The number of nitrogens with one attached hydrogen (secondary N) is 1. The van der Waals surface area contributed by atoms with Crippen LogP contribution in [-0.2, 0) is 4.79 Å². The van der Waals surface area contributed by atoms with Gasteiger partial charge in [-0.05, 0) is 43.7 Å². The molecule has 0 aliphatic carbocycles. The number of hydrogen-bond acceptors (Lipinski definition) is 4. The van der Waals surface area contributed by atoms with E-state index in [2.05, 4.69) is 10.2 Å². The molecule has 0 saturated heterocycles. The van der Waals surface area contributed by atoms with Gasteiger partial charge in [-0.2, -0.15) is 0 Å². The number of fused-ring (bicyclic) bond motifs is 1. The SMILES string of the molecule is CCN(CC(=O)Nc1c(C)cccc1C)C[C@@H]1COc2ccccc2O1. The normalized spacial score (nSPS) is 15.8. The molecule has 5 heteroatoms. The average molecular weight is 354 g/mol. The third kappa shape index (κ3) is 4.35. The summed E-state index contributed by atoms with van der Waals surface area (Å²) in [5.41, 5.74) is 3.05. The molecule has 0 bridgehead atoms. The standard InChI is InChI=1S/C21H26N2O3/c1-4-23(12-17-14-25-18-10-5-6-11-19(18)26-17)13-20(24)22-21-15(2)8-7-9-16(21)3/h5-11,17H,4,12-14H2,1-3H3,(H,22,24)/t17-/m1/s1. The first-order valence-electron chi connectivity index (χ1n) is 9.03. The van der Waals surface area contributed by atoms with Gasteiger partial charge in [0.1, 0.15) is 12.7 Å². The number of nitrogens with zero attached hydrogens (tertiary/aromatic N) is 1. The van der Waals surface area contributed by atoms with E-state index >= 15 is 0 Å². The molecule has 138 valence electrons. The maximum absolute atomic E-state index is 12.5. The molecule has 0 spiro atoms. The van der Waals surface area contributed by atoms with Gasteiger partial charge in [-0.1, -0.05) is 37.3 Å². The quantitative estimate of drug-likeness (QED) is 0.864. The van der Waals surface area contributed by atoms with Crippen molar-refractivity contribution in [2.45, 2.75) is 26.9 Å². The van der Waals surface area contributed by atoms with Gasteiger partial charge in [-0.3, -0.25) is 9.69 Å². The van der Waals surface area contributed by atoms with E-state index in [1.54, 1.807) is 0 Å². The van der Waals surface area contributed by atoms with Crippen molar-refractivity contribution in [3.05, 3.63) is 53.6 Å². The molecule has 3 rings (SSSR count). The highest BCUT2D eigenvalue weighted by Gasteiger charge is 2.23. The second-order valence-corrected chi connectivity index (χ2v) is 6.64. The monoisotopic (exact) mass is 354 g/mol. The largest absolute Gasteiger partial charge is 0.486 e. The Morgan fingerprint density at radius 1 is 1.12 bits per heavy atom. The number of ether oxygens (including phenoxy) is 2. The van der Waals surface area contributed by atoms with Crippen LogP contribution in [0.2, 0.25) is 0 Å². The van der Waals surface area contributed by atoms with Gasteiger partial charge in [0.25, 0.3) is 0 Å². The topological polar surface area (TPSA) is 50.8 Å². The highest BCUT2D eigenvalue weighted by atomic mass is 16.6. The lowest BCUT2D eigenvalue weighted by atomic mass is 10.1. The van der Waals surface area contributed by atoms with E-state index in [0.29, 0.717) is 19.7 Å². The zero-order valence-corrected chi connectivity index (χ0v) is 15.6. The molecule has 0 aromatic heterocycles. The molecular weight excluding hydrogens is 328 g/mol. The van der Waals surface area contributed by atoms with Gasteiger partial charge in [0.2, 0.25) is 5.91 Å². The molecule has 0 unspecified atom stereocenters. The highest BCUT2D eigenvalue weighted by Crippen LogP contribution is 2.31. The summed E-state index contributed by atoms with van der Waals surface area (Å²) in [6, 6.07) is 13.7. The number of carbonyl (C=O) groups is 1. The number of carbonyl (C=O) groups excluding carboxylic acids is 1. The molecule has 0 fully saturated rings. The Labute approximate surface area is 154 Å². The molecular formula is C21H26N2O3. The molecule has 0 radical (unpaired) electrons. The van der Waals surface area contributed by atoms with E-state index in [-0.39, 0.29) is 12.0 Å². The fourth-order valence-corrected chi connectivity index (χ4v) is 3.14. The van der Waals surface area contributed by atoms with Crippen LogP contribution in [0.3, 0.4) is 0 Å². The molecule has 1 aliphatic heterocycles. The van der Waals surface area contributed by atoms with E-state index in [4.69, 9.17) is 9.47 Å². The fourth-order valence-electron chi connectivity index (χ4n) is 3.14. The Kier molecular flexibility index (Phi) is 5.78. The van der Waals surface area contributed by atoms with E-state index in [9.17, 15) is 4.79 Å². The second-order valence-electron chi connectivity index (χ2n) is 6.64. The summed E-state index contributed by atoms with van der Waals surface area (Å²) >= 11 is 0. The van der Waals surface area contributed by atoms with Crippen LogP contribution in [0, 0.1) is 13.8 Å². The molecule has 1 heterocycles. The van der Waals surface area contributed by atoms with E-state index < -0.39 is 0 Å². The third-order valence-electron chi connectivity index (χ3n) is 4.59. The predicted octanol–water partition coefficient (Wildman–Crippen LogP) is 3.40. The number of hydrogen-bond donors (Lipinski definition) is 1. The van der Waals surface area contributed by atoms with Crippen molar-refractivity contribution in [2.75, 3.05) is 31.6 Å².